The van der Waals surface area contributed by atoms with Gasteiger partial charge in [-0.05, 0) is 38.5 Å². The van der Waals surface area contributed by atoms with Gasteiger partial charge < -0.3 is 9.47 Å². The summed E-state index contributed by atoms with van der Waals surface area (Å²) in [5.41, 5.74) is -0.835. The van der Waals surface area contributed by atoms with Crippen molar-refractivity contribution in [2.24, 2.45) is 0 Å². The Morgan fingerprint density at radius 1 is 1.31 bits per heavy atom. The average molecular weight is 418 g/mol. The minimum absolute atomic E-state index is 0.136. The molecule has 26 heavy (non-hydrogen) atoms. The normalized spacial score (nSPS) is 20.1. The van der Waals surface area contributed by atoms with Crippen molar-refractivity contribution in [1.82, 2.24) is 4.31 Å². The van der Waals surface area contributed by atoms with Crippen LogP contribution in [0.3, 0.4) is 0 Å². The van der Waals surface area contributed by atoms with Gasteiger partial charge in [0, 0.05) is 0 Å². The Morgan fingerprint density at radius 2 is 1.92 bits per heavy atom. The minimum atomic E-state index is -4.94. The van der Waals surface area contributed by atoms with E-state index in [1.807, 2.05) is 0 Å². The average Bonchev–Trinajstić information content (AvgIpc) is 2.73. The summed E-state index contributed by atoms with van der Waals surface area (Å²) in [6.07, 6.45) is -6.11. The van der Waals surface area contributed by atoms with Gasteiger partial charge in [0.2, 0.25) is 0 Å². The lowest BCUT2D eigenvalue weighted by Crippen LogP contribution is -2.39. The van der Waals surface area contributed by atoms with Crippen LogP contribution in [0.4, 0.5) is 18.0 Å². The van der Waals surface area contributed by atoms with Crippen molar-refractivity contribution < 1.29 is 40.0 Å². The Morgan fingerprint density at radius 3 is 2.42 bits per heavy atom. The second-order valence-electron chi connectivity index (χ2n) is 6.27. The quantitative estimate of drug-likeness (QED) is 0.728. The first kappa shape index (κ1) is 20.6. The van der Waals surface area contributed by atoms with Gasteiger partial charge >= 0.3 is 22.8 Å². The molecule has 1 aliphatic heterocycles. The number of carbonyl (C=O) groups is 1. The SMILES string of the molecule is CC(C)(C)OC(=O)N1[C@@H](c2ccc(OC(F)(F)F)c(Cl)c2)COS1(=O)=O. The molecule has 12 heteroatoms. The molecule has 1 aromatic rings. The van der Waals surface area contributed by atoms with E-state index in [2.05, 4.69) is 8.92 Å². The van der Waals surface area contributed by atoms with E-state index >= 15 is 0 Å². The van der Waals surface area contributed by atoms with Crippen molar-refractivity contribution in [3.8, 4) is 5.75 Å². The summed E-state index contributed by atoms with van der Waals surface area (Å²) in [5.74, 6) is -0.659. The zero-order chi connectivity index (χ0) is 19.9. The third-order valence-electron chi connectivity index (χ3n) is 3.04. The standard InChI is InChI=1S/C14H15ClF3NO6S/c1-13(2,3)25-12(20)19-10(7-23-26(19,21)22)8-4-5-11(9(15)6-8)24-14(16,17)18/h4-6,10H,7H2,1-3H3/t10-/m1/s1. The number of benzene rings is 1. The van der Waals surface area contributed by atoms with Crippen molar-refractivity contribution in [2.75, 3.05) is 6.61 Å². The molecule has 1 amide bonds. The fraction of sp³-hybridized carbons (Fsp3) is 0.500. The first-order chi connectivity index (χ1) is 11.7. The van der Waals surface area contributed by atoms with Crippen LogP contribution >= 0.6 is 11.6 Å². The number of ether oxygens (including phenoxy) is 2. The molecule has 0 spiro atoms. The van der Waals surface area contributed by atoms with Gasteiger partial charge in [-0.3, -0.25) is 4.18 Å². The molecule has 1 heterocycles. The zero-order valence-electron chi connectivity index (χ0n) is 13.8. The smallest absolute Gasteiger partial charge is 0.443 e. The maximum Gasteiger partial charge on any atom is 0.573 e. The monoisotopic (exact) mass is 417 g/mol. The van der Waals surface area contributed by atoms with Gasteiger partial charge in [-0.1, -0.05) is 17.7 Å². The van der Waals surface area contributed by atoms with Crippen LogP contribution in [0.2, 0.25) is 5.02 Å². The Hall–Kier alpha value is -1.72. The van der Waals surface area contributed by atoms with Crippen molar-refractivity contribution in [1.29, 1.82) is 0 Å². The molecule has 0 aliphatic carbocycles. The number of halogens is 4. The van der Waals surface area contributed by atoms with Gasteiger partial charge in [-0.25, -0.2) is 4.79 Å². The molecule has 1 saturated heterocycles. The summed E-state index contributed by atoms with van der Waals surface area (Å²) in [6, 6.07) is 1.99. The fourth-order valence-electron chi connectivity index (χ4n) is 2.12. The van der Waals surface area contributed by atoms with Gasteiger partial charge in [0.1, 0.15) is 17.4 Å². The Bertz CT molecular complexity index is 806. The predicted molar refractivity (Wildman–Crippen MR) is 83.8 cm³/mol. The molecule has 0 aromatic heterocycles. The van der Waals surface area contributed by atoms with Gasteiger partial charge in [-0.15, -0.1) is 13.2 Å². The second-order valence-corrected chi connectivity index (χ2v) is 8.16. The number of rotatable bonds is 2. The molecule has 0 N–H and O–H groups in total. The van der Waals surface area contributed by atoms with Crippen molar-refractivity contribution in [3.63, 3.8) is 0 Å². The first-order valence-corrected chi connectivity index (χ1v) is 8.91. The number of carbonyl (C=O) groups excluding carboxylic acids is 1. The van der Waals surface area contributed by atoms with E-state index in [9.17, 15) is 26.4 Å². The maximum absolute atomic E-state index is 12.3. The molecule has 7 nitrogen and oxygen atoms in total. The minimum Gasteiger partial charge on any atom is -0.443 e. The molecule has 2 rings (SSSR count). The summed E-state index contributed by atoms with van der Waals surface area (Å²) in [7, 11) is -4.40. The first-order valence-electron chi connectivity index (χ1n) is 7.16. The third-order valence-corrected chi connectivity index (χ3v) is 4.65. The van der Waals surface area contributed by atoms with Crippen LogP contribution < -0.4 is 4.74 Å². The van der Waals surface area contributed by atoms with Crippen molar-refractivity contribution in [2.45, 2.75) is 38.8 Å². The Labute approximate surface area is 152 Å². The Kier molecular flexibility index (Phi) is 5.37. The number of hydrogen-bond donors (Lipinski definition) is 0. The lowest BCUT2D eigenvalue weighted by atomic mass is 10.1. The predicted octanol–water partition coefficient (Wildman–Crippen LogP) is 3.79. The maximum atomic E-state index is 12.3. The summed E-state index contributed by atoms with van der Waals surface area (Å²) < 4.78 is 74.7. The zero-order valence-corrected chi connectivity index (χ0v) is 15.4. The van der Waals surface area contributed by atoms with E-state index in [1.165, 1.54) is 0 Å². The lowest BCUT2D eigenvalue weighted by molar-refractivity contribution is -0.274. The van der Waals surface area contributed by atoms with Gasteiger partial charge in [-0.2, -0.15) is 12.7 Å². The molecule has 1 atom stereocenters. The fourth-order valence-corrected chi connectivity index (χ4v) is 3.48. The van der Waals surface area contributed by atoms with Crippen molar-refractivity contribution in [3.05, 3.63) is 28.8 Å². The highest BCUT2D eigenvalue weighted by atomic mass is 35.5. The van der Waals surface area contributed by atoms with E-state index in [4.69, 9.17) is 16.3 Å². The molecule has 0 saturated carbocycles. The third kappa shape index (κ3) is 4.92. The number of alkyl halides is 3. The molecule has 0 unspecified atom stereocenters. The van der Waals surface area contributed by atoms with Crippen LogP contribution in [-0.2, 0) is 19.2 Å². The largest absolute Gasteiger partial charge is 0.573 e. The molecule has 1 fully saturated rings. The molecule has 0 bridgehead atoms. The number of amides is 1. The summed E-state index contributed by atoms with van der Waals surface area (Å²) >= 11 is 5.77. The highest BCUT2D eigenvalue weighted by Crippen LogP contribution is 2.37. The van der Waals surface area contributed by atoms with Gasteiger partial charge in [0.25, 0.3) is 0 Å². The number of hydrogen-bond acceptors (Lipinski definition) is 6. The van der Waals surface area contributed by atoms with Crippen LogP contribution in [0.15, 0.2) is 18.2 Å². The van der Waals surface area contributed by atoms with Crippen LogP contribution in [0.5, 0.6) is 5.75 Å². The number of nitrogens with zero attached hydrogens (tertiary/aromatic N) is 1. The molecule has 0 radical (unpaired) electrons. The molecule has 146 valence electrons. The summed E-state index contributed by atoms with van der Waals surface area (Å²) in [6.45, 7) is 4.20. The van der Waals surface area contributed by atoms with E-state index in [-0.39, 0.29) is 5.56 Å². The topological polar surface area (TPSA) is 82.1 Å². The van der Waals surface area contributed by atoms with Crippen LogP contribution in [-0.4, -0.2) is 37.4 Å². The van der Waals surface area contributed by atoms with E-state index in [0.29, 0.717) is 4.31 Å². The molecular weight excluding hydrogens is 403 g/mol. The second kappa shape index (κ2) is 6.78. The summed E-state index contributed by atoms with van der Waals surface area (Å²) in [5, 5.41) is -0.409. The lowest BCUT2D eigenvalue weighted by Gasteiger charge is -2.26. The highest BCUT2D eigenvalue weighted by molar-refractivity contribution is 7.85. The van der Waals surface area contributed by atoms with Gasteiger partial charge in [0.05, 0.1) is 11.6 Å². The van der Waals surface area contributed by atoms with Gasteiger partial charge in [0.15, 0.2) is 0 Å². The summed E-state index contributed by atoms with van der Waals surface area (Å²) in [4.78, 5) is 12.2. The van der Waals surface area contributed by atoms with Crippen LogP contribution in [0.1, 0.15) is 32.4 Å². The highest BCUT2D eigenvalue weighted by Gasteiger charge is 2.45. The Balaban J connectivity index is 2.34. The van der Waals surface area contributed by atoms with Crippen molar-refractivity contribution >= 4 is 28.0 Å². The van der Waals surface area contributed by atoms with Crippen LogP contribution in [0.25, 0.3) is 0 Å². The van der Waals surface area contributed by atoms with Crippen LogP contribution in [0, 0.1) is 0 Å². The molecule has 1 aliphatic rings. The van der Waals surface area contributed by atoms with E-state index in [0.717, 1.165) is 18.2 Å². The van der Waals surface area contributed by atoms with E-state index < -0.39 is 51.8 Å². The van der Waals surface area contributed by atoms with E-state index in [1.54, 1.807) is 20.8 Å². The molecular formula is C14H15ClF3NO6S. The molecule has 1 aromatic carbocycles.